The fourth-order valence-corrected chi connectivity index (χ4v) is 6.36. The van der Waals surface area contributed by atoms with Crippen molar-refractivity contribution in [1.82, 2.24) is 9.13 Å². The number of hydrogen-bond acceptors (Lipinski definition) is 5. The highest BCUT2D eigenvalue weighted by atomic mass is 32.1. The van der Waals surface area contributed by atoms with Crippen LogP contribution in [-0.2, 0) is 11.3 Å². The van der Waals surface area contributed by atoms with Crippen molar-refractivity contribution in [3.63, 3.8) is 0 Å². The zero-order chi connectivity index (χ0) is 29.2. The Kier molecular flexibility index (Phi) is 7.34. The molecule has 1 aliphatic heterocycles. The largest absolute Gasteiger partial charge is 0.494 e. The van der Waals surface area contributed by atoms with Crippen molar-refractivity contribution in [2.45, 2.75) is 26.4 Å². The molecule has 0 aliphatic carbocycles. The van der Waals surface area contributed by atoms with Gasteiger partial charge in [0.25, 0.3) is 11.5 Å². The minimum Gasteiger partial charge on any atom is -0.494 e. The maximum absolute atomic E-state index is 14.1. The van der Waals surface area contributed by atoms with Gasteiger partial charge in [-0.05, 0) is 55.8 Å². The Balaban J connectivity index is 1.51. The topological polar surface area (TPSA) is 77.6 Å². The summed E-state index contributed by atoms with van der Waals surface area (Å²) in [7, 11) is 0. The Morgan fingerprint density at radius 2 is 1.83 bits per heavy atom. The van der Waals surface area contributed by atoms with Gasteiger partial charge in [0.05, 0.1) is 35.0 Å². The van der Waals surface area contributed by atoms with Gasteiger partial charge < -0.3 is 14.6 Å². The number of allylic oxidation sites excluding steroid dienone is 1. The summed E-state index contributed by atoms with van der Waals surface area (Å²) in [5, 5.41) is 3.99. The average Bonchev–Trinajstić information content (AvgIpc) is 3.50. The first kappa shape index (κ1) is 27.1. The summed E-state index contributed by atoms with van der Waals surface area (Å²) in [5.74, 6) is 3.10. The van der Waals surface area contributed by atoms with E-state index in [2.05, 4.69) is 11.2 Å². The quantitative estimate of drug-likeness (QED) is 0.283. The molecule has 1 atom stereocenters. The van der Waals surface area contributed by atoms with E-state index >= 15 is 0 Å². The predicted octanol–water partition coefficient (Wildman–Crippen LogP) is 4.86. The first-order valence-electron chi connectivity index (χ1n) is 13.6. The fourth-order valence-electron chi connectivity index (χ4n) is 5.32. The second-order valence-electron chi connectivity index (χ2n) is 9.84. The lowest BCUT2D eigenvalue weighted by molar-refractivity contribution is -0.113. The van der Waals surface area contributed by atoms with Crippen molar-refractivity contribution in [3.8, 4) is 18.1 Å². The molecule has 0 radical (unpaired) electrons. The van der Waals surface area contributed by atoms with Gasteiger partial charge in [-0.3, -0.25) is 14.2 Å². The van der Waals surface area contributed by atoms with E-state index in [1.165, 1.54) is 11.3 Å². The number of amides is 1. The summed E-state index contributed by atoms with van der Waals surface area (Å²) in [5.41, 5.74) is 4.08. The van der Waals surface area contributed by atoms with Crippen LogP contribution in [0.25, 0.3) is 17.0 Å². The van der Waals surface area contributed by atoms with Crippen LogP contribution < -0.4 is 24.9 Å². The Hall–Kier alpha value is -5.13. The van der Waals surface area contributed by atoms with Crippen molar-refractivity contribution >= 4 is 39.9 Å². The highest BCUT2D eigenvalue weighted by Crippen LogP contribution is 2.32. The van der Waals surface area contributed by atoms with E-state index in [0.717, 1.165) is 22.0 Å². The Morgan fingerprint density at radius 1 is 1.10 bits per heavy atom. The number of aromatic nitrogens is 2. The molecule has 3 aromatic carbocycles. The lowest BCUT2D eigenvalue weighted by atomic mass is 9.95. The molecule has 0 fully saturated rings. The number of thiazole rings is 1. The molecule has 0 saturated heterocycles. The molecule has 8 heteroatoms. The molecular formula is C34H28N4O3S. The van der Waals surface area contributed by atoms with E-state index in [9.17, 15) is 9.59 Å². The number of nitrogens with one attached hydrogen (secondary N) is 1. The molecule has 1 N–H and O–H groups in total. The van der Waals surface area contributed by atoms with Crippen LogP contribution in [0.1, 0.15) is 31.0 Å². The van der Waals surface area contributed by atoms with Gasteiger partial charge in [-0.2, -0.15) is 0 Å². The molecular weight excluding hydrogens is 544 g/mol. The van der Waals surface area contributed by atoms with E-state index in [1.807, 2.05) is 110 Å². The second-order valence-corrected chi connectivity index (χ2v) is 10.8. The third kappa shape index (κ3) is 4.95. The standard InChI is InChI=1S/C34H28N4O3S/c1-4-19-37-21-24(27-13-9-10-14-28(27)37)20-29-33(40)38-31(23-15-17-26(18-16-23)41-5-2)30(22(3)35-34(38)42-29)32(39)36-25-11-7-6-8-12-25/h1,6-18,20-21,31H,5,19H2,2-3H3,(H,36,39)/b29-20-/t31-/m1/s1. The highest BCUT2D eigenvalue weighted by Gasteiger charge is 2.32. The number of carbonyl (C=O) groups excluding carboxylic acids is 1. The van der Waals surface area contributed by atoms with Crippen molar-refractivity contribution in [1.29, 1.82) is 0 Å². The Bertz CT molecular complexity index is 2060. The summed E-state index contributed by atoms with van der Waals surface area (Å²) in [4.78, 5) is 33.2. The molecule has 1 amide bonds. The summed E-state index contributed by atoms with van der Waals surface area (Å²) >= 11 is 1.31. The van der Waals surface area contributed by atoms with Crippen LogP contribution in [0.3, 0.4) is 0 Å². The summed E-state index contributed by atoms with van der Waals surface area (Å²) in [6.45, 7) is 4.70. The van der Waals surface area contributed by atoms with Crippen molar-refractivity contribution in [2.75, 3.05) is 11.9 Å². The van der Waals surface area contributed by atoms with Gasteiger partial charge in [-0.1, -0.05) is 65.8 Å². The number of rotatable bonds is 7. The first-order valence-corrected chi connectivity index (χ1v) is 14.4. The minimum atomic E-state index is -0.675. The van der Waals surface area contributed by atoms with Crippen LogP contribution >= 0.6 is 11.3 Å². The van der Waals surface area contributed by atoms with E-state index in [0.29, 0.717) is 45.2 Å². The third-order valence-electron chi connectivity index (χ3n) is 7.17. The number of anilines is 1. The summed E-state index contributed by atoms with van der Waals surface area (Å²) in [6, 6.07) is 24.1. The third-order valence-corrected chi connectivity index (χ3v) is 8.16. The van der Waals surface area contributed by atoms with E-state index in [1.54, 1.807) is 4.57 Å². The van der Waals surface area contributed by atoms with Crippen LogP contribution in [-0.4, -0.2) is 21.6 Å². The van der Waals surface area contributed by atoms with Crippen molar-refractivity contribution in [2.24, 2.45) is 4.99 Å². The molecule has 0 unspecified atom stereocenters. The molecule has 5 aromatic rings. The molecule has 2 aromatic heterocycles. The number of terminal acetylenes is 1. The molecule has 208 valence electrons. The van der Waals surface area contributed by atoms with Crippen LogP contribution in [0.15, 0.2) is 106 Å². The zero-order valence-electron chi connectivity index (χ0n) is 23.2. The molecule has 7 nitrogen and oxygen atoms in total. The fraction of sp³-hybridized carbons (Fsp3) is 0.147. The van der Waals surface area contributed by atoms with Crippen LogP contribution in [0, 0.1) is 12.3 Å². The second kappa shape index (κ2) is 11.4. The molecule has 0 spiro atoms. The number of ether oxygens (including phenoxy) is 1. The maximum Gasteiger partial charge on any atom is 0.271 e. The van der Waals surface area contributed by atoms with Gasteiger partial charge in [-0.25, -0.2) is 4.99 Å². The number of nitrogens with zero attached hydrogens (tertiary/aromatic N) is 3. The maximum atomic E-state index is 14.1. The van der Waals surface area contributed by atoms with Crippen LogP contribution in [0.4, 0.5) is 5.69 Å². The Morgan fingerprint density at radius 3 is 2.57 bits per heavy atom. The number of para-hydroxylation sites is 2. The lowest BCUT2D eigenvalue weighted by Crippen LogP contribution is -2.40. The van der Waals surface area contributed by atoms with Gasteiger partial charge in [0.2, 0.25) is 0 Å². The van der Waals surface area contributed by atoms with Crippen LogP contribution in [0.2, 0.25) is 0 Å². The minimum absolute atomic E-state index is 0.219. The zero-order valence-corrected chi connectivity index (χ0v) is 24.0. The van der Waals surface area contributed by atoms with Gasteiger partial charge >= 0.3 is 0 Å². The molecule has 0 bridgehead atoms. The lowest BCUT2D eigenvalue weighted by Gasteiger charge is -2.25. The predicted molar refractivity (Wildman–Crippen MR) is 167 cm³/mol. The summed E-state index contributed by atoms with van der Waals surface area (Å²) < 4.78 is 9.79. The molecule has 3 heterocycles. The highest BCUT2D eigenvalue weighted by molar-refractivity contribution is 7.07. The molecule has 1 aliphatic rings. The number of benzene rings is 3. The van der Waals surface area contributed by atoms with E-state index in [-0.39, 0.29) is 11.5 Å². The van der Waals surface area contributed by atoms with Gasteiger partial charge in [0.1, 0.15) is 5.75 Å². The van der Waals surface area contributed by atoms with Gasteiger partial charge in [0, 0.05) is 28.4 Å². The number of fused-ring (bicyclic) bond motifs is 2. The van der Waals surface area contributed by atoms with Crippen molar-refractivity contribution in [3.05, 3.63) is 127 Å². The number of hydrogen-bond donors (Lipinski definition) is 1. The molecule has 6 rings (SSSR count). The normalized spacial score (nSPS) is 14.8. The van der Waals surface area contributed by atoms with E-state index < -0.39 is 6.04 Å². The van der Waals surface area contributed by atoms with Gasteiger partial charge in [-0.15, -0.1) is 6.42 Å². The molecule has 0 saturated carbocycles. The smallest absolute Gasteiger partial charge is 0.271 e. The van der Waals surface area contributed by atoms with Crippen molar-refractivity contribution < 1.29 is 9.53 Å². The monoisotopic (exact) mass is 572 g/mol. The molecule has 42 heavy (non-hydrogen) atoms. The average molecular weight is 573 g/mol. The number of carbonyl (C=O) groups is 1. The SMILES string of the molecule is C#CCn1cc(/C=c2\sc3n(c2=O)[C@H](c2ccc(OCC)cc2)C(C(=O)Nc2ccccc2)=C(C)N=3)c2ccccc21. The first-order chi connectivity index (χ1) is 20.5. The Labute approximate surface area is 246 Å². The van der Waals surface area contributed by atoms with Gasteiger partial charge in [0.15, 0.2) is 4.80 Å². The van der Waals surface area contributed by atoms with Crippen LogP contribution in [0.5, 0.6) is 5.75 Å². The van der Waals surface area contributed by atoms with E-state index in [4.69, 9.17) is 16.2 Å². The summed E-state index contributed by atoms with van der Waals surface area (Å²) in [6.07, 6.45) is 9.46.